The van der Waals surface area contributed by atoms with Crippen LogP contribution in [0, 0.1) is 5.92 Å². The quantitative estimate of drug-likeness (QED) is 0.645. The molecule has 1 aromatic heterocycles. The number of nitrogens with two attached hydrogens (primary N) is 1. The number of anilines is 4. The second-order valence-corrected chi connectivity index (χ2v) is 8.14. The molecule has 2 fully saturated rings. The monoisotopic (exact) mass is 409 g/mol. The Balaban J connectivity index is 1.43. The van der Waals surface area contributed by atoms with Gasteiger partial charge in [0.15, 0.2) is 0 Å². The van der Waals surface area contributed by atoms with Crippen LogP contribution in [0.2, 0.25) is 0 Å². The van der Waals surface area contributed by atoms with Crippen LogP contribution in [0.1, 0.15) is 42.5 Å². The van der Waals surface area contributed by atoms with Gasteiger partial charge in [-0.3, -0.25) is 4.79 Å². The van der Waals surface area contributed by atoms with Crippen LogP contribution in [0.15, 0.2) is 36.5 Å². The van der Waals surface area contributed by atoms with Crippen molar-refractivity contribution in [3.63, 3.8) is 0 Å². The lowest BCUT2D eigenvalue weighted by Crippen LogP contribution is -2.36. The molecule has 1 amide bonds. The van der Waals surface area contributed by atoms with Crippen LogP contribution in [-0.2, 0) is 4.74 Å². The smallest absolute Gasteiger partial charge is 0.252 e. The zero-order valence-electron chi connectivity index (χ0n) is 17.4. The van der Waals surface area contributed by atoms with E-state index in [9.17, 15) is 4.79 Å². The minimum absolute atomic E-state index is 0.430. The normalized spacial score (nSPS) is 17.5. The van der Waals surface area contributed by atoms with E-state index in [4.69, 9.17) is 10.5 Å². The molecule has 0 radical (unpaired) electrons. The lowest BCUT2D eigenvalue weighted by atomic mass is 9.89. The number of benzene rings is 1. The topological polar surface area (TPSA) is 92.5 Å². The Morgan fingerprint density at radius 1 is 1.13 bits per heavy atom. The maximum atomic E-state index is 11.8. The van der Waals surface area contributed by atoms with E-state index in [1.807, 2.05) is 18.2 Å². The third-order valence-electron chi connectivity index (χ3n) is 5.99. The van der Waals surface area contributed by atoms with Crippen molar-refractivity contribution in [3.8, 4) is 0 Å². The Morgan fingerprint density at radius 2 is 1.87 bits per heavy atom. The highest BCUT2D eigenvalue weighted by atomic mass is 16.5. The number of hydrogen-bond donors (Lipinski definition) is 3. The average Bonchev–Trinajstić information content (AvgIpc) is 2.79. The van der Waals surface area contributed by atoms with Crippen molar-refractivity contribution in [2.45, 2.75) is 32.1 Å². The molecule has 1 aliphatic carbocycles. The molecule has 0 spiro atoms. The maximum absolute atomic E-state index is 11.8. The van der Waals surface area contributed by atoms with Gasteiger partial charge in [-0.2, -0.15) is 0 Å². The summed E-state index contributed by atoms with van der Waals surface area (Å²) in [6, 6.07) is 10.2. The predicted octanol–water partition coefficient (Wildman–Crippen LogP) is 3.75. The number of nitrogens with one attached hydrogen (secondary N) is 2. The fourth-order valence-corrected chi connectivity index (χ4v) is 4.24. The Hall–Kier alpha value is -2.80. The lowest BCUT2D eigenvalue weighted by molar-refractivity contribution is 0.100. The molecule has 0 atom stereocenters. The number of primary amides is 1. The van der Waals surface area contributed by atoms with Gasteiger partial charge >= 0.3 is 0 Å². The molecular formula is C23H31N5O2. The van der Waals surface area contributed by atoms with Gasteiger partial charge in [-0.15, -0.1) is 0 Å². The van der Waals surface area contributed by atoms with E-state index in [-0.39, 0.29) is 0 Å². The number of rotatable bonds is 7. The second kappa shape index (κ2) is 9.80. The first-order chi connectivity index (χ1) is 14.7. The number of carbonyl (C=O) groups excluding carboxylic acids is 1. The summed E-state index contributed by atoms with van der Waals surface area (Å²) >= 11 is 0. The molecule has 0 unspecified atom stereocenters. The van der Waals surface area contributed by atoms with Gasteiger partial charge in [-0.05, 0) is 43.0 Å². The molecule has 2 aliphatic rings. The summed E-state index contributed by atoms with van der Waals surface area (Å²) in [5.41, 5.74) is 8.88. The number of pyridine rings is 1. The summed E-state index contributed by atoms with van der Waals surface area (Å²) in [4.78, 5) is 18.5. The second-order valence-electron chi connectivity index (χ2n) is 8.14. The molecule has 2 heterocycles. The fourth-order valence-electron chi connectivity index (χ4n) is 4.24. The Kier molecular flexibility index (Phi) is 6.69. The van der Waals surface area contributed by atoms with Gasteiger partial charge in [0, 0.05) is 43.3 Å². The Morgan fingerprint density at radius 3 is 2.57 bits per heavy atom. The number of hydrogen-bond acceptors (Lipinski definition) is 6. The van der Waals surface area contributed by atoms with Crippen molar-refractivity contribution in [2.75, 3.05) is 48.4 Å². The van der Waals surface area contributed by atoms with Gasteiger partial charge in [-0.1, -0.05) is 19.3 Å². The standard InChI is InChI=1S/C23H31N5O2/c24-23(29)20-16-26-22(14-21(20)25-15-17-4-2-1-3-5-17)27-18-6-8-19(9-7-18)28-10-12-30-13-11-28/h6-9,14,16-17H,1-5,10-13,15H2,(H2,24,29)(H2,25,26,27). The number of aromatic nitrogens is 1. The maximum Gasteiger partial charge on any atom is 0.252 e. The van der Waals surface area contributed by atoms with E-state index >= 15 is 0 Å². The van der Waals surface area contributed by atoms with Crippen LogP contribution in [0.5, 0.6) is 0 Å². The van der Waals surface area contributed by atoms with E-state index in [2.05, 4.69) is 32.7 Å². The highest BCUT2D eigenvalue weighted by molar-refractivity contribution is 5.98. The summed E-state index contributed by atoms with van der Waals surface area (Å²) in [6.45, 7) is 4.23. The van der Waals surface area contributed by atoms with Crippen LogP contribution in [0.25, 0.3) is 0 Å². The zero-order chi connectivity index (χ0) is 20.8. The number of morpholine rings is 1. The average molecular weight is 410 g/mol. The third-order valence-corrected chi connectivity index (χ3v) is 5.99. The Bertz CT molecular complexity index is 843. The first-order valence-corrected chi connectivity index (χ1v) is 10.9. The summed E-state index contributed by atoms with van der Waals surface area (Å²) in [5, 5.41) is 6.78. The minimum atomic E-state index is -0.463. The van der Waals surface area contributed by atoms with Gasteiger partial charge in [0.2, 0.25) is 0 Å². The van der Waals surface area contributed by atoms with Crippen molar-refractivity contribution in [1.82, 2.24) is 4.98 Å². The summed E-state index contributed by atoms with van der Waals surface area (Å²) in [5.74, 6) is 0.872. The van der Waals surface area contributed by atoms with Gasteiger partial charge < -0.3 is 26.0 Å². The first kappa shape index (κ1) is 20.5. The third kappa shape index (κ3) is 5.21. The van der Waals surface area contributed by atoms with Gasteiger partial charge in [0.05, 0.1) is 24.5 Å². The fraction of sp³-hybridized carbons (Fsp3) is 0.478. The van der Waals surface area contributed by atoms with Crippen molar-refractivity contribution in [1.29, 1.82) is 0 Å². The molecule has 7 heteroatoms. The minimum Gasteiger partial charge on any atom is -0.384 e. The lowest BCUT2D eigenvalue weighted by Gasteiger charge is -2.28. The molecule has 1 saturated heterocycles. The van der Waals surface area contributed by atoms with Crippen molar-refractivity contribution < 1.29 is 9.53 Å². The van der Waals surface area contributed by atoms with E-state index in [1.165, 1.54) is 37.8 Å². The van der Waals surface area contributed by atoms with Crippen LogP contribution in [0.3, 0.4) is 0 Å². The number of ether oxygens (including phenoxy) is 1. The highest BCUT2D eigenvalue weighted by Gasteiger charge is 2.16. The molecular weight excluding hydrogens is 378 g/mol. The molecule has 1 aliphatic heterocycles. The molecule has 0 bridgehead atoms. The Labute approximate surface area is 178 Å². The van der Waals surface area contributed by atoms with Crippen LogP contribution in [-0.4, -0.2) is 43.7 Å². The van der Waals surface area contributed by atoms with Gasteiger partial charge in [0.25, 0.3) is 5.91 Å². The largest absolute Gasteiger partial charge is 0.384 e. The zero-order valence-corrected chi connectivity index (χ0v) is 17.4. The number of amides is 1. The van der Waals surface area contributed by atoms with E-state index < -0.39 is 5.91 Å². The molecule has 160 valence electrons. The van der Waals surface area contributed by atoms with Gasteiger partial charge in [-0.25, -0.2) is 4.98 Å². The SMILES string of the molecule is NC(=O)c1cnc(Nc2ccc(N3CCOCC3)cc2)cc1NCC1CCCCC1. The van der Waals surface area contributed by atoms with Crippen molar-refractivity contribution in [3.05, 3.63) is 42.1 Å². The molecule has 2 aromatic rings. The van der Waals surface area contributed by atoms with E-state index in [0.29, 0.717) is 17.3 Å². The van der Waals surface area contributed by atoms with Crippen LogP contribution in [0.4, 0.5) is 22.9 Å². The number of nitrogens with zero attached hydrogens (tertiary/aromatic N) is 2. The molecule has 30 heavy (non-hydrogen) atoms. The molecule has 4 rings (SSSR count). The van der Waals surface area contributed by atoms with Crippen molar-refractivity contribution >= 4 is 28.8 Å². The predicted molar refractivity (Wildman–Crippen MR) is 121 cm³/mol. The van der Waals surface area contributed by atoms with E-state index in [0.717, 1.165) is 44.2 Å². The molecule has 7 nitrogen and oxygen atoms in total. The van der Waals surface area contributed by atoms with Crippen molar-refractivity contribution in [2.24, 2.45) is 11.7 Å². The summed E-state index contributed by atoms with van der Waals surface area (Å²) < 4.78 is 5.42. The first-order valence-electron chi connectivity index (χ1n) is 10.9. The molecule has 1 saturated carbocycles. The molecule has 4 N–H and O–H groups in total. The summed E-state index contributed by atoms with van der Waals surface area (Å²) in [7, 11) is 0. The van der Waals surface area contributed by atoms with E-state index in [1.54, 1.807) is 6.20 Å². The van der Waals surface area contributed by atoms with Gasteiger partial charge in [0.1, 0.15) is 5.82 Å². The summed E-state index contributed by atoms with van der Waals surface area (Å²) in [6.07, 6.45) is 7.94. The molecule has 1 aromatic carbocycles. The van der Waals surface area contributed by atoms with Crippen LogP contribution < -0.4 is 21.3 Å². The number of carbonyl (C=O) groups is 1. The highest BCUT2D eigenvalue weighted by Crippen LogP contribution is 2.27. The van der Waals surface area contributed by atoms with Crippen LogP contribution >= 0.6 is 0 Å².